The van der Waals surface area contributed by atoms with E-state index in [2.05, 4.69) is 222 Å². The quantitative estimate of drug-likeness (QED) is 0.150. The normalized spacial score (nSPS) is 11.7. The van der Waals surface area contributed by atoms with E-state index in [9.17, 15) is 0 Å². The summed E-state index contributed by atoms with van der Waals surface area (Å²) in [7, 11) is 0. The highest BCUT2D eigenvalue weighted by atomic mass is 32.1. The van der Waals surface area contributed by atoms with Gasteiger partial charge in [0.1, 0.15) is 11.2 Å². The van der Waals surface area contributed by atoms with Crippen LogP contribution in [0.2, 0.25) is 0 Å². The van der Waals surface area contributed by atoms with Crippen molar-refractivity contribution in [3.05, 3.63) is 218 Å². The Morgan fingerprint density at radius 1 is 0.283 bits per heavy atom. The van der Waals surface area contributed by atoms with Gasteiger partial charge in [0, 0.05) is 65.1 Å². The van der Waals surface area contributed by atoms with Crippen LogP contribution < -0.4 is 9.80 Å². The highest BCUT2D eigenvalue weighted by molar-refractivity contribution is 7.25. The Bertz CT molecular complexity index is 3520. The molecule has 3 nitrogen and oxygen atoms in total. The average molecular weight is 785 g/mol. The van der Waals surface area contributed by atoms with Crippen molar-refractivity contribution in [2.75, 3.05) is 9.80 Å². The van der Waals surface area contributed by atoms with Crippen LogP contribution >= 0.6 is 11.3 Å². The summed E-state index contributed by atoms with van der Waals surface area (Å²) in [6.07, 6.45) is 0. The van der Waals surface area contributed by atoms with Crippen LogP contribution in [-0.4, -0.2) is 0 Å². The minimum Gasteiger partial charge on any atom is -0.456 e. The lowest BCUT2D eigenvalue weighted by Gasteiger charge is -2.30. The molecule has 0 aliphatic carbocycles. The molecule has 0 radical (unpaired) electrons. The second-order valence-electron chi connectivity index (χ2n) is 15.4. The maximum absolute atomic E-state index is 6.34. The summed E-state index contributed by atoms with van der Waals surface area (Å²) in [6.45, 7) is 0. The van der Waals surface area contributed by atoms with E-state index < -0.39 is 0 Å². The number of fused-ring (bicyclic) bond motifs is 9. The third-order valence-corrected chi connectivity index (χ3v) is 12.9. The van der Waals surface area contributed by atoms with Crippen molar-refractivity contribution in [1.29, 1.82) is 0 Å². The Labute approximate surface area is 351 Å². The summed E-state index contributed by atoms with van der Waals surface area (Å²) in [5.74, 6) is 0. The van der Waals surface area contributed by atoms with Gasteiger partial charge in [0.2, 0.25) is 0 Å². The van der Waals surface area contributed by atoms with Gasteiger partial charge < -0.3 is 14.2 Å². The molecule has 4 heteroatoms. The van der Waals surface area contributed by atoms with Gasteiger partial charge in [-0.15, -0.1) is 11.3 Å². The van der Waals surface area contributed by atoms with Crippen molar-refractivity contribution in [2.24, 2.45) is 0 Å². The monoisotopic (exact) mass is 784 g/mol. The van der Waals surface area contributed by atoms with E-state index in [-0.39, 0.29) is 0 Å². The second kappa shape index (κ2) is 14.0. The molecule has 0 fully saturated rings. The number of rotatable bonds is 7. The van der Waals surface area contributed by atoms with Crippen LogP contribution in [0.1, 0.15) is 0 Å². The molecule has 10 aromatic carbocycles. The Hall–Kier alpha value is -7.66. The lowest BCUT2D eigenvalue weighted by atomic mass is 9.98. The molecule has 2 heterocycles. The summed E-state index contributed by atoms with van der Waals surface area (Å²) < 4.78 is 8.89. The number of benzene rings is 10. The first-order valence-electron chi connectivity index (χ1n) is 20.3. The fraction of sp³-hybridized carbons (Fsp3) is 0. The second-order valence-corrected chi connectivity index (χ2v) is 16.4. The van der Waals surface area contributed by atoms with Crippen molar-refractivity contribution >= 4 is 109 Å². The van der Waals surface area contributed by atoms with Gasteiger partial charge in [0.15, 0.2) is 0 Å². The Morgan fingerprint density at radius 3 is 1.62 bits per heavy atom. The van der Waals surface area contributed by atoms with Gasteiger partial charge in [-0.3, -0.25) is 0 Å². The van der Waals surface area contributed by atoms with Crippen molar-refractivity contribution < 1.29 is 4.42 Å². The topological polar surface area (TPSA) is 19.6 Å². The van der Waals surface area contributed by atoms with Crippen molar-refractivity contribution in [2.45, 2.75) is 0 Å². The largest absolute Gasteiger partial charge is 0.456 e. The maximum Gasteiger partial charge on any atom is 0.136 e. The standard InChI is InChI=1S/C56H36N2OS/c1-4-14-37(15-5-1)40-30-45(57(41-16-6-2-7-17-41)42-18-8-3-9-19-42)33-46(31-40)58(44-28-29-49-48-21-11-13-23-55(48)60-56(49)35-44)43-27-26-38-24-25-39-32-54-52(36-51(39)50(38)34-43)47-20-10-12-22-53(47)59-54/h1-36H. The lowest BCUT2D eigenvalue weighted by Crippen LogP contribution is -2.13. The van der Waals surface area contributed by atoms with Crippen LogP contribution in [0.15, 0.2) is 223 Å². The summed E-state index contributed by atoms with van der Waals surface area (Å²) in [4.78, 5) is 4.80. The highest BCUT2D eigenvalue weighted by Crippen LogP contribution is 2.46. The van der Waals surface area contributed by atoms with Crippen molar-refractivity contribution in [3.8, 4) is 11.1 Å². The number of hydrogen-bond acceptors (Lipinski definition) is 4. The fourth-order valence-electron chi connectivity index (χ4n) is 8.95. The predicted molar refractivity (Wildman–Crippen MR) is 256 cm³/mol. The molecule has 0 amide bonds. The van der Waals surface area contributed by atoms with Gasteiger partial charge in [-0.2, -0.15) is 0 Å². The third kappa shape index (κ3) is 5.80. The number of thiophene rings is 1. The van der Waals surface area contributed by atoms with Gasteiger partial charge in [0.25, 0.3) is 0 Å². The summed E-state index contributed by atoms with van der Waals surface area (Å²) in [5, 5.41) is 9.57. The fourth-order valence-corrected chi connectivity index (χ4v) is 10.1. The number of furan rings is 1. The minimum absolute atomic E-state index is 0.907. The van der Waals surface area contributed by atoms with E-state index in [4.69, 9.17) is 4.42 Å². The molecule has 0 N–H and O–H groups in total. The predicted octanol–water partition coefficient (Wildman–Crippen LogP) is 16.9. The zero-order valence-corrected chi connectivity index (χ0v) is 33.3. The van der Waals surface area contributed by atoms with Gasteiger partial charge in [0.05, 0.1) is 0 Å². The molecule has 0 unspecified atom stereocenters. The van der Waals surface area contributed by atoms with Gasteiger partial charge in [-0.25, -0.2) is 0 Å². The molecule has 0 aliphatic heterocycles. The molecule has 0 atom stereocenters. The molecule has 0 bridgehead atoms. The van der Waals surface area contributed by atoms with Crippen molar-refractivity contribution in [1.82, 2.24) is 0 Å². The van der Waals surface area contributed by atoms with Crippen LogP contribution in [0, 0.1) is 0 Å². The molecule has 12 rings (SSSR count). The van der Waals surface area contributed by atoms with Crippen LogP contribution in [0.4, 0.5) is 34.1 Å². The first-order chi connectivity index (χ1) is 29.7. The smallest absolute Gasteiger partial charge is 0.136 e. The summed E-state index contributed by atoms with van der Waals surface area (Å²) in [5.41, 5.74) is 10.6. The Kier molecular flexibility index (Phi) is 8.03. The molecule has 12 aromatic rings. The minimum atomic E-state index is 0.907. The van der Waals surface area contributed by atoms with E-state index in [1.165, 1.54) is 36.3 Å². The number of anilines is 6. The van der Waals surface area contributed by atoms with Crippen LogP contribution in [0.25, 0.3) is 74.8 Å². The lowest BCUT2D eigenvalue weighted by molar-refractivity contribution is 0.669. The molecular weight excluding hydrogens is 749 g/mol. The average Bonchev–Trinajstić information content (AvgIpc) is 3.87. The Morgan fingerprint density at radius 2 is 0.850 bits per heavy atom. The molecule has 0 saturated carbocycles. The third-order valence-electron chi connectivity index (χ3n) is 11.8. The first kappa shape index (κ1) is 34.4. The van der Waals surface area contributed by atoms with Gasteiger partial charge >= 0.3 is 0 Å². The molecule has 0 spiro atoms. The Balaban J connectivity index is 1.13. The summed E-state index contributed by atoms with van der Waals surface area (Å²) >= 11 is 1.85. The number of hydrogen-bond donors (Lipinski definition) is 0. The SMILES string of the molecule is c1ccc(-c2cc(N(c3ccccc3)c3ccccc3)cc(N(c3ccc4c(c3)sc3ccccc34)c3ccc4ccc5cc6oc7ccccc7c6cc5c4c3)c2)cc1. The summed E-state index contributed by atoms with van der Waals surface area (Å²) in [6, 6.07) is 79.0. The van der Waals surface area contributed by atoms with Gasteiger partial charge in [-0.1, -0.05) is 127 Å². The van der Waals surface area contributed by atoms with Gasteiger partial charge in [-0.05, 0) is 124 Å². The van der Waals surface area contributed by atoms with E-state index >= 15 is 0 Å². The van der Waals surface area contributed by atoms with Crippen LogP contribution in [0.5, 0.6) is 0 Å². The number of nitrogens with zero attached hydrogens (tertiary/aromatic N) is 2. The van der Waals surface area contributed by atoms with Crippen LogP contribution in [-0.2, 0) is 0 Å². The molecule has 0 saturated heterocycles. The van der Waals surface area contributed by atoms with E-state index in [0.717, 1.165) is 72.6 Å². The molecule has 0 aliphatic rings. The van der Waals surface area contributed by atoms with E-state index in [0.29, 0.717) is 0 Å². The number of para-hydroxylation sites is 3. The van der Waals surface area contributed by atoms with E-state index in [1.54, 1.807) is 0 Å². The molecule has 60 heavy (non-hydrogen) atoms. The maximum atomic E-state index is 6.34. The van der Waals surface area contributed by atoms with Crippen molar-refractivity contribution in [3.63, 3.8) is 0 Å². The zero-order valence-electron chi connectivity index (χ0n) is 32.5. The highest BCUT2D eigenvalue weighted by Gasteiger charge is 2.21. The van der Waals surface area contributed by atoms with Crippen LogP contribution in [0.3, 0.4) is 0 Å². The molecule has 282 valence electrons. The first-order valence-corrected chi connectivity index (χ1v) is 21.1. The zero-order chi connectivity index (χ0) is 39.6. The molecular formula is C56H36N2OS. The van der Waals surface area contributed by atoms with E-state index in [1.807, 2.05) is 17.4 Å². The molecule has 2 aromatic heterocycles.